The van der Waals surface area contributed by atoms with Crippen LogP contribution in [0.2, 0.25) is 0 Å². The second-order valence-electron chi connectivity index (χ2n) is 3.42. The fourth-order valence-corrected chi connectivity index (χ4v) is 3.46. The van der Waals surface area contributed by atoms with Gasteiger partial charge in [-0.1, -0.05) is 0 Å². The SMILES string of the molecule is CC(C)S(=O)(=O)CC1=CN=C(N)S1(=O)=O. The van der Waals surface area contributed by atoms with Crippen LogP contribution in [0.4, 0.5) is 0 Å². The molecule has 86 valence electrons. The maximum Gasteiger partial charge on any atom is 0.238 e. The molecule has 0 aromatic heterocycles. The summed E-state index contributed by atoms with van der Waals surface area (Å²) >= 11 is 0. The van der Waals surface area contributed by atoms with Crippen molar-refractivity contribution >= 4 is 24.8 Å². The lowest BCUT2D eigenvalue weighted by molar-refractivity contribution is 0.588. The first-order chi connectivity index (χ1) is 6.68. The van der Waals surface area contributed by atoms with E-state index in [1.807, 2.05) is 0 Å². The number of hydrogen-bond donors (Lipinski definition) is 1. The van der Waals surface area contributed by atoms with Crippen molar-refractivity contribution < 1.29 is 16.8 Å². The Kier molecular flexibility index (Phi) is 2.92. The highest BCUT2D eigenvalue weighted by Crippen LogP contribution is 2.18. The van der Waals surface area contributed by atoms with Crippen molar-refractivity contribution in [1.29, 1.82) is 0 Å². The first-order valence-corrected chi connectivity index (χ1v) is 7.37. The van der Waals surface area contributed by atoms with Crippen LogP contribution in [0.5, 0.6) is 0 Å². The van der Waals surface area contributed by atoms with Gasteiger partial charge in [0.05, 0.1) is 15.9 Å². The van der Waals surface area contributed by atoms with Crippen molar-refractivity contribution in [3.8, 4) is 0 Å². The molecule has 0 saturated carbocycles. The molecule has 0 bridgehead atoms. The summed E-state index contributed by atoms with van der Waals surface area (Å²) in [7, 11) is -7.28. The van der Waals surface area contributed by atoms with Gasteiger partial charge >= 0.3 is 0 Å². The predicted molar refractivity (Wildman–Crippen MR) is 57.5 cm³/mol. The molecule has 0 unspecified atom stereocenters. The molecule has 1 rings (SSSR count). The topological polar surface area (TPSA) is 107 Å². The lowest BCUT2D eigenvalue weighted by Crippen LogP contribution is -2.27. The zero-order chi connectivity index (χ0) is 11.9. The van der Waals surface area contributed by atoms with Crippen LogP contribution in [-0.4, -0.2) is 33.0 Å². The second kappa shape index (κ2) is 3.60. The average Bonchev–Trinajstić information content (AvgIpc) is 2.31. The minimum absolute atomic E-state index is 0.256. The third-order valence-electron chi connectivity index (χ3n) is 2.02. The number of hydrogen-bond acceptors (Lipinski definition) is 6. The lowest BCUT2D eigenvalue weighted by atomic mass is 10.6. The van der Waals surface area contributed by atoms with E-state index in [0.29, 0.717) is 0 Å². The van der Waals surface area contributed by atoms with Crippen molar-refractivity contribution in [2.75, 3.05) is 5.75 Å². The van der Waals surface area contributed by atoms with Gasteiger partial charge in [-0.15, -0.1) is 0 Å². The zero-order valence-corrected chi connectivity index (χ0v) is 9.97. The normalized spacial score (nSPS) is 20.2. The van der Waals surface area contributed by atoms with E-state index in [-0.39, 0.29) is 4.91 Å². The second-order valence-corrected chi connectivity index (χ2v) is 7.93. The number of aliphatic imine (C=N–C) groups is 1. The van der Waals surface area contributed by atoms with Gasteiger partial charge in [0.2, 0.25) is 15.0 Å². The summed E-state index contributed by atoms with van der Waals surface area (Å²) < 4.78 is 45.8. The maximum atomic E-state index is 11.5. The van der Waals surface area contributed by atoms with Crippen LogP contribution < -0.4 is 5.73 Å². The number of sulfone groups is 2. The quantitative estimate of drug-likeness (QED) is 0.721. The number of amidine groups is 1. The van der Waals surface area contributed by atoms with E-state index < -0.39 is 35.8 Å². The van der Waals surface area contributed by atoms with Gasteiger partial charge in [-0.3, -0.25) is 0 Å². The maximum absolute atomic E-state index is 11.5. The van der Waals surface area contributed by atoms with E-state index in [4.69, 9.17) is 5.73 Å². The van der Waals surface area contributed by atoms with Crippen LogP contribution in [0, 0.1) is 0 Å². The Bertz CT molecular complexity index is 525. The van der Waals surface area contributed by atoms with Gasteiger partial charge in [-0.25, -0.2) is 21.8 Å². The molecule has 6 nitrogen and oxygen atoms in total. The zero-order valence-electron chi connectivity index (χ0n) is 8.34. The molecule has 2 N–H and O–H groups in total. The Labute approximate surface area is 88.7 Å². The Morgan fingerprint density at radius 3 is 2.33 bits per heavy atom. The van der Waals surface area contributed by atoms with Crippen LogP contribution in [0.25, 0.3) is 0 Å². The molecule has 0 spiro atoms. The minimum atomic E-state index is -3.82. The van der Waals surface area contributed by atoms with Crippen molar-refractivity contribution in [2.24, 2.45) is 10.7 Å². The highest BCUT2D eigenvalue weighted by molar-refractivity contribution is 8.10. The summed E-state index contributed by atoms with van der Waals surface area (Å²) in [6.07, 6.45) is 0.991. The Balaban J connectivity index is 3.00. The molecule has 0 radical (unpaired) electrons. The van der Waals surface area contributed by atoms with Gasteiger partial charge in [-0.05, 0) is 13.8 Å². The summed E-state index contributed by atoms with van der Waals surface area (Å²) in [4.78, 5) is 3.14. The molecule has 8 heteroatoms. The third kappa shape index (κ3) is 2.20. The molecule has 0 fully saturated rings. The molecule has 0 saturated heterocycles. The van der Waals surface area contributed by atoms with Gasteiger partial charge < -0.3 is 5.73 Å². The highest BCUT2D eigenvalue weighted by atomic mass is 32.2. The first kappa shape index (κ1) is 12.2. The average molecular weight is 252 g/mol. The summed E-state index contributed by atoms with van der Waals surface area (Å²) in [6, 6.07) is 0. The molecular formula is C7H12N2O4S2. The summed E-state index contributed by atoms with van der Waals surface area (Å²) in [5.74, 6) is -0.544. The Morgan fingerprint density at radius 2 is 2.00 bits per heavy atom. The van der Waals surface area contributed by atoms with Crippen molar-refractivity contribution in [3.63, 3.8) is 0 Å². The van der Waals surface area contributed by atoms with Gasteiger partial charge in [0.15, 0.2) is 9.84 Å². The molecule has 0 aromatic rings. The molecule has 0 atom stereocenters. The van der Waals surface area contributed by atoms with E-state index in [1.54, 1.807) is 0 Å². The number of rotatable bonds is 3. The molecule has 15 heavy (non-hydrogen) atoms. The molecule has 0 amide bonds. The van der Waals surface area contributed by atoms with Crippen LogP contribution in [0.3, 0.4) is 0 Å². The fraction of sp³-hybridized carbons (Fsp3) is 0.571. The summed E-state index contributed by atoms with van der Waals surface area (Å²) in [6.45, 7) is 2.98. The van der Waals surface area contributed by atoms with Crippen molar-refractivity contribution in [3.05, 3.63) is 11.1 Å². The van der Waals surface area contributed by atoms with E-state index in [1.165, 1.54) is 13.8 Å². The largest absolute Gasteiger partial charge is 0.374 e. The molecule has 0 aromatic carbocycles. The molecular weight excluding hydrogens is 240 g/mol. The van der Waals surface area contributed by atoms with Crippen LogP contribution in [0.1, 0.15) is 13.8 Å². The molecule has 1 aliphatic rings. The lowest BCUT2D eigenvalue weighted by Gasteiger charge is -2.07. The third-order valence-corrected chi connectivity index (χ3v) is 5.95. The smallest absolute Gasteiger partial charge is 0.238 e. The molecule has 1 heterocycles. The van der Waals surface area contributed by atoms with Crippen LogP contribution >= 0.6 is 0 Å². The van der Waals surface area contributed by atoms with E-state index >= 15 is 0 Å². The van der Waals surface area contributed by atoms with Crippen molar-refractivity contribution in [1.82, 2.24) is 0 Å². The monoisotopic (exact) mass is 252 g/mol. The van der Waals surface area contributed by atoms with Gasteiger partial charge in [0.1, 0.15) is 0 Å². The highest BCUT2D eigenvalue weighted by Gasteiger charge is 2.32. The number of nitrogens with zero attached hydrogens (tertiary/aromatic N) is 1. The summed E-state index contributed by atoms with van der Waals surface area (Å²) in [5.41, 5.74) is 5.11. The first-order valence-electron chi connectivity index (χ1n) is 4.17. The standard InChI is InChI=1S/C7H12N2O4S2/c1-5(2)14(10,11)4-6-3-9-7(8)15(6,12)13/h3,5H,4H2,1-2H3,(H2,8,9). The van der Waals surface area contributed by atoms with E-state index in [9.17, 15) is 16.8 Å². The van der Waals surface area contributed by atoms with Gasteiger partial charge in [-0.2, -0.15) is 0 Å². The Morgan fingerprint density at radius 1 is 1.47 bits per heavy atom. The van der Waals surface area contributed by atoms with Gasteiger partial charge in [0, 0.05) is 6.20 Å². The summed E-state index contributed by atoms with van der Waals surface area (Å²) in [5, 5.41) is -1.17. The number of nitrogens with two attached hydrogens (primary N) is 1. The predicted octanol–water partition coefficient (Wildman–Crippen LogP) is -0.606. The van der Waals surface area contributed by atoms with Gasteiger partial charge in [0.25, 0.3) is 0 Å². The molecule has 1 aliphatic heterocycles. The van der Waals surface area contributed by atoms with Crippen LogP contribution in [0.15, 0.2) is 16.1 Å². The Hall–Kier alpha value is -0.890. The van der Waals surface area contributed by atoms with Crippen LogP contribution in [-0.2, 0) is 19.7 Å². The van der Waals surface area contributed by atoms with E-state index in [2.05, 4.69) is 4.99 Å². The fourth-order valence-electron chi connectivity index (χ4n) is 0.888. The van der Waals surface area contributed by atoms with E-state index in [0.717, 1.165) is 6.20 Å². The molecule has 0 aliphatic carbocycles. The van der Waals surface area contributed by atoms with Crippen molar-refractivity contribution in [2.45, 2.75) is 19.1 Å². The minimum Gasteiger partial charge on any atom is -0.374 e.